The number of nitrogens with two attached hydrogens (primary N) is 3. The summed E-state index contributed by atoms with van der Waals surface area (Å²) in [5.41, 5.74) is 17.8. The topological polar surface area (TPSA) is 272 Å². The van der Waals surface area contributed by atoms with Gasteiger partial charge in [-0.05, 0) is 12.8 Å². The summed E-state index contributed by atoms with van der Waals surface area (Å²) in [4.78, 5) is 66.6. The molecule has 16 heteroatoms. The van der Waals surface area contributed by atoms with Gasteiger partial charge in [0, 0.05) is 43.2 Å². The van der Waals surface area contributed by atoms with Crippen molar-refractivity contribution in [3.05, 3.63) is 36.4 Å². The Labute approximate surface area is 205 Å². The number of carbonyl (C=O) groups excluding carboxylic acids is 3. The highest BCUT2D eigenvalue weighted by Crippen LogP contribution is 2.05. The van der Waals surface area contributed by atoms with Crippen LogP contribution < -0.4 is 33.2 Å². The summed E-state index contributed by atoms with van der Waals surface area (Å²) in [6, 6.07) is -3.19. The molecule has 0 aliphatic rings. The van der Waals surface area contributed by atoms with E-state index in [2.05, 4.69) is 40.9 Å². The second kappa shape index (κ2) is 14.1. The second-order valence-electron chi connectivity index (χ2n) is 7.85. The van der Waals surface area contributed by atoms with Gasteiger partial charge < -0.3 is 48.2 Å². The standard InChI is InChI=1S/C20H31N11O5/c21-13(4-11-6-24-9-28-11)17(34)30-14(2-1-3-26-20(22)23)19(36)31-15(5-12-7-25-10-29-12)18(35)27-8-16(32)33/h6-7,9-10,13-15H,1-5,8,21H2,(H,24,28)(H,25,29)(H,27,35)(H,30,34)(H,31,36)(H,32,33)(H4,22,23,26). The first-order chi connectivity index (χ1) is 17.2. The number of aromatic nitrogens is 4. The molecule has 0 fully saturated rings. The lowest BCUT2D eigenvalue weighted by atomic mass is 10.1. The molecule has 2 rings (SSSR count). The van der Waals surface area contributed by atoms with Crippen LogP contribution >= 0.6 is 0 Å². The summed E-state index contributed by atoms with van der Waals surface area (Å²) in [7, 11) is 0. The third kappa shape index (κ3) is 9.80. The van der Waals surface area contributed by atoms with Gasteiger partial charge in [-0.15, -0.1) is 0 Å². The van der Waals surface area contributed by atoms with Crippen LogP contribution in [-0.2, 0) is 32.0 Å². The van der Waals surface area contributed by atoms with Crippen molar-refractivity contribution in [1.82, 2.24) is 35.9 Å². The molecule has 2 aromatic heterocycles. The van der Waals surface area contributed by atoms with Crippen molar-refractivity contribution in [3.63, 3.8) is 0 Å². The molecule has 2 aromatic rings. The van der Waals surface area contributed by atoms with E-state index in [9.17, 15) is 19.2 Å². The van der Waals surface area contributed by atoms with E-state index in [1.54, 1.807) is 0 Å². The lowest BCUT2D eigenvalue weighted by Crippen LogP contribution is -2.56. The highest BCUT2D eigenvalue weighted by Gasteiger charge is 2.28. The van der Waals surface area contributed by atoms with Gasteiger partial charge in [0.1, 0.15) is 18.6 Å². The molecule has 3 amide bonds. The molecule has 196 valence electrons. The summed E-state index contributed by atoms with van der Waals surface area (Å²) in [5, 5.41) is 16.3. The van der Waals surface area contributed by atoms with Gasteiger partial charge in [0.2, 0.25) is 17.7 Å². The highest BCUT2D eigenvalue weighted by molar-refractivity contribution is 5.93. The molecule has 3 atom stereocenters. The van der Waals surface area contributed by atoms with Crippen LogP contribution in [0.5, 0.6) is 0 Å². The van der Waals surface area contributed by atoms with Crippen LogP contribution in [0.25, 0.3) is 0 Å². The Kier molecular flexibility index (Phi) is 10.8. The predicted molar refractivity (Wildman–Crippen MR) is 127 cm³/mol. The number of aliphatic imine (C=N–C) groups is 1. The Bertz CT molecular complexity index is 1020. The van der Waals surface area contributed by atoms with E-state index in [1.165, 1.54) is 25.0 Å². The Morgan fingerprint density at radius 3 is 2.11 bits per heavy atom. The molecule has 2 heterocycles. The fourth-order valence-corrected chi connectivity index (χ4v) is 3.16. The number of hydrogen-bond acceptors (Lipinski definition) is 8. The number of hydrogen-bond donors (Lipinski definition) is 9. The molecule has 0 bridgehead atoms. The van der Waals surface area contributed by atoms with E-state index < -0.39 is 48.4 Å². The van der Waals surface area contributed by atoms with E-state index in [0.29, 0.717) is 17.8 Å². The maximum Gasteiger partial charge on any atom is 0.322 e. The Morgan fingerprint density at radius 2 is 1.56 bits per heavy atom. The number of nitrogens with zero attached hydrogens (tertiary/aromatic N) is 3. The second-order valence-corrected chi connectivity index (χ2v) is 7.85. The fraction of sp³-hybridized carbons (Fsp3) is 0.450. The zero-order valence-corrected chi connectivity index (χ0v) is 19.4. The number of rotatable bonds is 15. The molecular formula is C20H31N11O5. The van der Waals surface area contributed by atoms with Crippen LogP contribution in [0.2, 0.25) is 0 Å². The molecule has 3 unspecified atom stereocenters. The van der Waals surface area contributed by atoms with Crippen LogP contribution in [0, 0.1) is 0 Å². The molecular weight excluding hydrogens is 474 g/mol. The van der Waals surface area contributed by atoms with Crippen molar-refractivity contribution in [2.24, 2.45) is 22.2 Å². The van der Waals surface area contributed by atoms with Crippen molar-refractivity contribution >= 4 is 29.7 Å². The maximum atomic E-state index is 13.1. The average molecular weight is 506 g/mol. The molecule has 36 heavy (non-hydrogen) atoms. The van der Waals surface area contributed by atoms with Gasteiger partial charge in [0.05, 0.1) is 18.7 Å². The number of amides is 3. The first-order valence-electron chi connectivity index (χ1n) is 11.0. The SMILES string of the molecule is NC(N)=NCCCC(NC(=O)C(N)Cc1cnc[nH]1)C(=O)NC(Cc1cnc[nH]1)C(=O)NCC(=O)O. The van der Waals surface area contributed by atoms with Crippen LogP contribution in [-0.4, -0.2) is 85.9 Å². The summed E-state index contributed by atoms with van der Waals surface area (Å²) >= 11 is 0. The smallest absolute Gasteiger partial charge is 0.322 e. The predicted octanol–water partition coefficient (Wildman–Crippen LogP) is -3.53. The van der Waals surface area contributed by atoms with Gasteiger partial charge in [0.25, 0.3) is 0 Å². The monoisotopic (exact) mass is 505 g/mol. The molecule has 0 aromatic carbocycles. The van der Waals surface area contributed by atoms with Crippen molar-refractivity contribution in [2.75, 3.05) is 13.1 Å². The van der Waals surface area contributed by atoms with E-state index >= 15 is 0 Å². The Balaban J connectivity index is 2.11. The molecule has 16 nitrogen and oxygen atoms in total. The number of guanidine groups is 1. The minimum atomic E-state index is -1.24. The van der Waals surface area contributed by atoms with Crippen LogP contribution in [0.1, 0.15) is 24.2 Å². The molecule has 0 saturated heterocycles. The number of H-pyrrole nitrogens is 2. The van der Waals surface area contributed by atoms with E-state index in [0.717, 1.165) is 0 Å². The molecule has 0 saturated carbocycles. The number of carboxylic acid groups (broad SMARTS) is 1. The van der Waals surface area contributed by atoms with E-state index in [4.69, 9.17) is 22.3 Å². The maximum absolute atomic E-state index is 13.1. The van der Waals surface area contributed by atoms with E-state index in [1.807, 2.05) is 0 Å². The van der Waals surface area contributed by atoms with Gasteiger partial charge in [-0.25, -0.2) is 9.97 Å². The van der Waals surface area contributed by atoms with Crippen LogP contribution in [0.4, 0.5) is 0 Å². The Morgan fingerprint density at radius 1 is 0.944 bits per heavy atom. The minimum absolute atomic E-state index is 0.00516. The molecule has 0 aliphatic carbocycles. The van der Waals surface area contributed by atoms with Gasteiger partial charge in [-0.3, -0.25) is 24.2 Å². The van der Waals surface area contributed by atoms with Gasteiger partial charge in [0.15, 0.2) is 5.96 Å². The van der Waals surface area contributed by atoms with E-state index in [-0.39, 0.29) is 31.8 Å². The molecule has 0 radical (unpaired) electrons. The highest BCUT2D eigenvalue weighted by atomic mass is 16.4. The third-order valence-electron chi connectivity index (χ3n) is 4.94. The fourth-order valence-electron chi connectivity index (χ4n) is 3.16. The van der Waals surface area contributed by atoms with Gasteiger partial charge >= 0.3 is 5.97 Å². The molecule has 0 spiro atoms. The largest absolute Gasteiger partial charge is 0.480 e. The van der Waals surface area contributed by atoms with Gasteiger partial charge in [-0.2, -0.15) is 0 Å². The first-order valence-corrected chi connectivity index (χ1v) is 11.0. The number of nitrogens with one attached hydrogen (secondary N) is 5. The van der Waals surface area contributed by atoms with Crippen molar-refractivity contribution in [2.45, 2.75) is 43.8 Å². The zero-order valence-electron chi connectivity index (χ0n) is 19.4. The average Bonchev–Trinajstić information content (AvgIpc) is 3.53. The first kappa shape index (κ1) is 27.8. The quantitative estimate of drug-likeness (QED) is 0.0653. The van der Waals surface area contributed by atoms with Crippen molar-refractivity contribution in [1.29, 1.82) is 0 Å². The number of carboxylic acids is 1. The van der Waals surface area contributed by atoms with Crippen LogP contribution in [0.15, 0.2) is 30.0 Å². The number of imidazole rings is 2. The molecule has 12 N–H and O–H groups in total. The summed E-state index contributed by atoms with van der Waals surface area (Å²) in [6.07, 6.45) is 6.49. The summed E-state index contributed by atoms with van der Waals surface area (Å²) in [6.45, 7) is -0.422. The van der Waals surface area contributed by atoms with Crippen LogP contribution in [0.3, 0.4) is 0 Å². The minimum Gasteiger partial charge on any atom is -0.480 e. The normalized spacial score (nSPS) is 13.1. The third-order valence-corrected chi connectivity index (χ3v) is 4.94. The summed E-state index contributed by atoms with van der Waals surface area (Å²) in [5.74, 6) is -3.34. The molecule has 0 aliphatic heterocycles. The number of aromatic amines is 2. The lowest BCUT2D eigenvalue weighted by molar-refractivity contribution is -0.138. The van der Waals surface area contributed by atoms with Gasteiger partial charge in [-0.1, -0.05) is 0 Å². The number of aliphatic carboxylic acids is 1. The lowest BCUT2D eigenvalue weighted by Gasteiger charge is -2.24. The zero-order chi connectivity index (χ0) is 26.5. The number of carbonyl (C=O) groups is 4. The summed E-state index contributed by atoms with van der Waals surface area (Å²) < 4.78 is 0. The Hall–Kier alpha value is -4.47. The van der Waals surface area contributed by atoms with Crippen molar-refractivity contribution < 1.29 is 24.3 Å². The van der Waals surface area contributed by atoms with Crippen molar-refractivity contribution in [3.8, 4) is 0 Å².